The van der Waals surface area contributed by atoms with Crippen LogP contribution in [-0.4, -0.2) is 62.7 Å². The molecule has 26 heavy (non-hydrogen) atoms. The minimum absolute atomic E-state index is 0.0390. The van der Waals surface area contributed by atoms with Crippen molar-refractivity contribution in [1.82, 2.24) is 0 Å². The zero-order chi connectivity index (χ0) is 19.5. The SMILES string of the molecule is CC(C)(C)OCc1ccc(COC2OC(C(=O)O)C(O)C(O)C2O)cc1. The Labute approximate surface area is 151 Å². The molecule has 0 saturated carbocycles. The lowest BCUT2D eigenvalue weighted by Gasteiger charge is -2.38. The monoisotopic (exact) mass is 370 g/mol. The Morgan fingerprint density at radius 3 is 2.04 bits per heavy atom. The van der Waals surface area contributed by atoms with E-state index < -0.39 is 36.7 Å². The van der Waals surface area contributed by atoms with Crippen LogP contribution in [0.3, 0.4) is 0 Å². The molecule has 1 aliphatic rings. The van der Waals surface area contributed by atoms with Gasteiger partial charge in [0.1, 0.15) is 18.3 Å². The van der Waals surface area contributed by atoms with Gasteiger partial charge in [-0.3, -0.25) is 0 Å². The molecular weight excluding hydrogens is 344 g/mol. The molecule has 146 valence electrons. The number of hydrogen-bond donors (Lipinski definition) is 4. The number of carbonyl (C=O) groups is 1. The van der Waals surface area contributed by atoms with Gasteiger partial charge in [-0.1, -0.05) is 24.3 Å². The van der Waals surface area contributed by atoms with E-state index in [2.05, 4.69) is 0 Å². The van der Waals surface area contributed by atoms with Gasteiger partial charge in [0.15, 0.2) is 12.4 Å². The highest BCUT2D eigenvalue weighted by Crippen LogP contribution is 2.23. The maximum atomic E-state index is 11.1. The van der Waals surface area contributed by atoms with E-state index in [9.17, 15) is 20.1 Å². The summed E-state index contributed by atoms with van der Waals surface area (Å²) in [7, 11) is 0. The van der Waals surface area contributed by atoms with Gasteiger partial charge in [-0.25, -0.2) is 4.79 Å². The Morgan fingerprint density at radius 2 is 1.54 bits per heavy atom. The molecule has 5 unspecified atom stereocenters. The van der Waals surface area contributed by atoms with Crippen LogP contribution in [0.4, 0.5) is 0 Å². The zero-order valence-electron chi connectivity index (χ0n) is 15.0. The average molecular weight is 370 g/mol. The van der Waals surface area contributed by atoms with E-state index in [1.165, 1.54) is 0 Å². The summed E-state index contributed by atoms with van der Waals surface area (Å²) >= 11 is 0. The lowest BCUT2D eigenvalue weighted by Crippen LogP contribution is -2.60. The molecule has 1 heterocycles. The number of hydrogen-bond acceptors (Lipinski definition) is 7. The minimum atomic E-state index is -1.73. The smallest absolute Gasteiger partial charge is 0.335 e. The summed E-state index contributed by atoms with van der Waals surface area (Å²) in [4.78, 5) is 11.1. The van der Waals surface area contributed by atoms with Crippen molar-refractivity contribution in [3.05, 3.63) is 35.4 Å². The van der Waals surface area contributed by atoms with E-state index in [-0.39, 0.29) is 12.2 Å². The van der Waals surface area contributed by atoms with Crippen LogP contribution in [0.2, 0.25) is 0 Å². The molecule has 5 atom stereocenters. The van der Waals surface area contributed by atoms with Gasteiger partial charge in [-0.15, -0.1) is 0 Å². The summed E-state index contributed by atoms with van der Waals surface area (Å²) in [6, 6.07) is 7.38. The maximum absolute atomic E-state index is 11.1. The molecule has 1 aliphatic heterocycles. The first kappa shape index (κ1) is 20.8. The van der Waals surface area contributed by atoms with Crippen LogP contribution in [-0.2, 0) is 32.2 Å². The molecule has 0 aromatic heterocycles. The van der Waals surface area contributed by atoms with Gasteiger partial charge in [0, 0.05) is 0 Å². The van der Waals surface area contributed by atoms with E-state index in [4.69, 9.17) is 19.3 Å². The summed E-state index contributed by atoms with van der Waals surface area (Å²) < 4.78 is 16.1. The van der Waals surface area contributed by atoms with Crippen LogP contribution in [0.1, 0.15) is 31.9 Å². The summed E-state index contributed by atoms with van der Waals surface area (Å²) in [6.07, 6.45) is -8.00. The topological polar surface area (TPSA) is 126 Å². The van der Waals surface area contributed by atoms with Gasteiger partial charge in [0.25, 0.3) is 0 Å². The fourth-order valence-electron chi connectivity index (χ4n) is 2.40. The number of aliphatic carboxylic acids is 1. The molecule has 1 fully saturated rings. The number of benzene rings is 1. The third kappa shape index (κ3) is 5.47. The Kier molecular flexibility index (Phi) is 6.73. The number of aliphatic hydroxyl groups is 3. The van der Waals surface area contributed by atoms with Gasteiger partial charge < -0.3 is 34.6 Å². The number of ether oxygens (including phenoxy) is 3. The second kappa shape index (κ2) is 8.43. The first-order valence-electron chi connectivity index (χ1n) is 8.34. The molecular formula is C18H26O8. The molecule has 8 heteroatoms. The predicted molar refractivity (Wildman–Crippen MR) is 90.1 cm³/mol. The summed E-state index contributed by atoms with van der Waals surface area (Å²) in [5.74, 6) is -1.44. The number of carboxylic acids is 1. The van der Waals surface area contributed by atoms with E-state index >= 15 is 0 Å². The van der Waals surface area contributed by atoms with E-state index in [0.717, 1.165) is 11.1 Å². The Balaban J connectivity index is 1.92. The molecule has 0 bridgehead atoms. The van der Waals surface area contributed by atoms with Crippen LogP contribution in [0.25, 0.3) is 0 Å². The molecule has 1 saturated heterocycles. The highest BCUT2D eigenvalue weighted by molar-refractivity contribution is 5.73. The van der Waals surface area contributed by atoms with Crippen molar-refractivity contribution in [3.8, 4) is 0 Å². The lowest BCUT2D eigenvalue weighted by molar-refractivity contribution is -0.297. The molecule has 4 N–H and O–H groups in total. The highest BCUT2D eigenvalue weighted by atomic mass is 16.7. The maximum Gasteiger partial charge on any atom is 0.335 e. The first-order chi connectivity index (χ1) is 12.1. The fourth-order valence-corrected chi connectivity index (χ4v) is 2.40. The second-order valence-electron chi connectivity index (χ2n) is 7.26. The first-order valence-corrected chi connectivity index (χ1v) is 8.34. The zero-order valence-corrected chi connectivity index (χ0v) is 15.0. The van der Waals surface area contributed by atoms with Crippen molar-refractivity contribution < 1.29 is 39.4 Å². The quantitative estimate of drug-likeness (QED) is 0.567. The minimum Gasteiger partial charge on any atom is -0.479 e. The third-order valence-corrected chi connectivity index (χ3v) is 3.92. The van der Waals surface area contributed by atoms with Gasteiger partial charge in [-0.05, 0) is 31.9 Å². The number of carboxylic acid groups (broad SMARTS) is 1. The van der Waals surface area contributed by atoms with Crippen molar-refractivity contribution >= 4 is 5.97 Å². The van der Waals surface area contributed by atoms with E-state index in [1.54, 1.807) is 0 Å². The van der Waals surface area contributed by atoms with Crippen LogP contribution in [0.5, 0.6) is 0 Å². The van der Waals surface area contributed by atoms with Crippen molar-refractivity contribution in [3.63, 3.8) is 0 Å². The molecule has 0 aliphatic carbocycles. The highest BCUT2D eigenvalue weighted by Gasteiger charge is 2.47. The second-order valence-corrected chi connectivity index (χ2v) is 7.26. The average Bonchev–Trinajstić information content (AvgIpc) is 2.57. The van der Waals surface area contributed by atoms with Crippen LogP contribution in [0, 0.1) is 0 Å². The molecule has 8 nitrogen and oxygen atoms in total. The largest absolute Gasteiger partial charge is 0.479 e. The molecule has 1 aromatic carbocycles. The summed E-state index contributed by atoms with van der Waals surface area (Å²) in [5.41, 5.74) is 1.53. The van der Waals surface area contributed by atoms with Gasteiger partial charge >= 0.3 is 5.97 Å². The van der Waals surface area contributed by atoms with Crippen molar-refractivity contribution in [2.45, 2.75) is 70.3 Å². The standard InChI is InChI=1S/C18H26O8/c1-18(2,3)25-9-11-6-4-10(5-7-11)8-24-17-14(21)12(19)13(20)15(26-17)16(22)23/h4-7,12-15,17,19-21H,8-9H2,1-3H3,(H,22,23). The fraction of sp³-hybridized carbons (Fsp3) is 0.611. The van der Waals surface area contributed by atoms with Crippen LogP contribution >= 0.6 is 0 Å². The number of rotatable bonds is 6. The van der Waals surface area contributed by atoms with Crippen molar-refractivity contribution in [1.29, 1.82) is 0 Å². The molecule has 0 amide bonds. The van der Waals surface area contributed by atoms with Crippen LogP contribution < -0.4 is 0 Å². The Morgan fingerprint density at radius 1 is 1.00 bits per heavy atom. The van der Waals surface area contributed by atoms with Gasteiger partial charge in [0.05, 0.1) is 18.8 Å². The summed E-state index contributed by atoms with van der Waals surface area (Å²) in [5, 5.41) is 38.3. The summed E-state index contributed by atoms with van der Waals surface area (Å²) in [6.45, 7) is 6.43. The van der Waals surface area contributed by atoms with Crippen LogP contribution in [0.15, 0.2) is 24.3 Å². The normalized spacial score (nSPS) is 29.5. The lowest BCUT2D eigenvalue weighted by atomic mass is 9.99. The molecule has 2 rings (SSSR count). The van der Waals surface area contributed by atoms with E-state index in [0.29, 0.717) is 6.61 Å². The van der Waals surface area contributed by atoms with Gasteiger partial charge in [-0.2, -0.15) is 0 Å². The molecule has 1 aromatic rings. The Hall–Kier alpha value is -1.55. The Bertz CT molecular complexity index is 594. The number of aliphatic hydroxyl groups excluding tert-OH is 3. The van der Waals surface area contributed by atoms with Crippen molar-refractivity contribution in [2.75, 3.05) is 0 Å². The third-order valence-electron chi connectivity index (χ3n) is 3.92. The van der Waals surface area contributed by atoms with E-state index in [1.807, 2.05) is 45.0 Å². The van der Waals surface area contributed by atoms with Gasteiger partial charge in [0.2, 0.25) is 0 Å². The molecule has 0 radical (unpaired) electrons. The van der Waals surface area contributed by atoms with Crippen molar-refractivity contribution in [2.24, 2.45) is 0 Å². The predicted octanol–water partition coefficient (Wildman–Crippen LogP) is 0.410. The molecule has 0 spiro atoms.